The molecule has 0 atom stereocenters. The van der Waals surface area contributed by atoms with E-state index >= 15 is 0 Å². The van der Waals surface area contributed by atoms with E-state index in [4.69, 9.17) is 0 Å². The summed E-state index contributed by atoms with van der Waals surface area (Å²) in [6.45, 7) is 3.17. The Morgan fingerprint density at radius 1 is 1.22 bits per heavy atom. The molecular weight excluding hydrogens is 308 g/mol. The zero-order valence-corrected chi connectivity index (χ0v) is 14.6. The lowest BCUT2D eigenvalue weighted by Gasteiger charge is -2.22. The van der Waals surface area contributed by atoms with Gasteiger partial charge >= 0.3 is 0 Å². The summed E-state index contributed by atoms with van der Waals surface area (Å²) in [6, 6.07) is 11.5. The van der Waals surface area contributed by atoms with Gasteiger partial charge < -0.3 is 9.47 Å². The Bertz CT molecular complexity index is 723. The number of benzene rings is 1. The van der Waals surface area contributed by atoms with E-state index in [9.17, 15) is 9.59 Å². The zero-order chi connectivity index (χ0) is 16.8. The number of thioether (sulfide) groups is 1. The molecule has 0 aliphatic heterocycles. The molecule has 0 unspecified atom stereocenters. The van der Waals surface area contributed by atoms with Crippen LogP contribution in [0.2, 0.25) is 0 Å². The minimum absolute atomic E-state index is 0.206. The van der Waals surface area contributed by atoms with Crippen molar-refractivity contribution >= 4 is 17.7 Å². The first-order valence-corrected chi connectivity index (χ1v) is 8.87. The van der Waals surface area contributed by atoms with Gasteiger partial charge in [-0.1, -0.05) is 19.1 Å². The van der Waals surface area contributed by atoms with E-state index in [1.165, 1.54) is 9.46 Å². The monoisotopic (exact) mass is 330 g/mol. The Balaban J connectivity index is 2.24. The number of rotatable bonds is 6. The predicted octanol–water partition coefficient (Wildman–Crippen LogP) is 3.16. The molecule has 2 rings (SSSR count). The molecule has 0 fully saturated rings. The van der Waals surface area contributed by atoms with E-state index < -0.39 is 0 Å². The highest BCUT2D eigenvalue weighted by Crippen LogP contribution is 2.16. The smallest absolute Gasteiger partial charge is 0.263 e. The molecule has 0 bridgehead atoms. The first-order chi connectivity index (χ1) is 11.1. The molecule has 0 aliphatic rings. The largest absolute Gasteiger partial charge is 0.334 e. The Hall–Kier alpha value is -2.01. The Kier molecular flexibility index (Phi) is 6.04. The molecule has 0 N–H and O–H groups in total. The molecule has 0 aliphatic carbocycles. The summed E-state index contributed by atoms with van der Waals surface area (Å²) in [7, 11) is 1.66. The van der Waals surface area contributed by atoms with Crippen LogP contribution in [-0.2, 0) is 13.6 Å². The number of aryl methyl sites for hydroxylation is 1. The topological polar surface area (TPSA) is 42.3 Å². The first kappa shape index (κ1) is 17.3. The van der Waals surface area contributed by atoms with E-state index in [1.54, 1.807) is 42.0 Å². The van der Waals surface area contributed by atoms with Gasteiger partial charge in [-0.2, -0.15) is 0 Å². The quantitative estimate of drug-likeness (QED) is 0.764. The second-order valence-corrected chi connectivity index (χ2v) is 6.29. The summed E-state index contributed by atoms with van der Waals surface area (Å²) in [5, 5.41) is 0. The van der Waals surface area contributed by atoms with Gasteiger partial charge in [0.15, 0.2) is 0 Å². The molecule has 1 heterocycles. The maximum atomic E-state index is 12.7. The van der Waals surface area contributed by atoms with Crippen molar-refractivity contribution in [2.45, 2.75) is 24.8 Å². The standard InChI is InChI=1S/C18H22N2O2S/c1-4-11-20(13-14-7-9-15(23-3)10-8-14)18(22)16-6-5-12-19(2)17(16)21/h5-10,12H,4,11,13H2,1-3H3. The maximum absolute atomic E-state index is 12.7. The normalized spacial score (nSPS) is 10.6. The van der Waals surface area contributed by atoms with E-state index in [0.29, 0.717) is 13.1 Å². The van der Waals surface area contributed by atoms with Crippen LogP contribution in [0.15, 0.2) is 52.3 Å². The van der Waals surface area contributed by atoms with Gasteiger partial charge in [0.1, 0.15) is 5.56 Å². The summed E-state index contributed by atoms with van der Waals surface area (Å²) in [5.74, 6) is -0.206. The fourth-order valence-electron chi connectivity index (χ4n) is 2.40. The zero-order valence-electron chi connectivity index (χ0n) is 13.8. The van der Waals surface area contributed by atoms with Crippen LogP contribution in [0.25, 0.3) is 0 Å². The molecule has 122 valence electrons. The van der Waals surface area contributed by atoms with Crippen LogP contribution in [0.5, 0.6) is 0 Å². The third-order valence-electron chi connectivity index (χ3n) is 3.67. The lowest BCUT2D eigenvalue weighted by atomic mass is 10.1. The van der Waals surface area contributed by atoms with E-state index in [0.717, 1.165) is 12.0 Å². The molecule has 1 amide bonds. The lowest BCUT2D eigenvalue weighted by Crippen LogP contribution is -2.36. The van der Waals surface area contributed by atoms with Crippen molar-refractivity contribution in [2.75, 3.05) is 12.8 Å². The van der Waals surface area contributed by atoms with Crippen molar-refractivity contribution in [3.63, 3.8) is 0 Å². The average molecular weight is 330 g/mol. The van der Waals surface area contributed by atoms with E-state index in [2.05, 4.69) is 12.1 Å². The molecule has 1 aromatic carbocycles. The number of pyridine rings is 1. The van der Waals surface area contributed by atoms with Gasteiger partial charge in [-0.15, -0.1) is 11.8 Å². The highest BCUT2D eigenvalue weighted by Gasteiger charge is 2.18. The predicted molar refractivity (Wildman–Crippen MR) is 94.9 cm³/mol. The van der Waals surface area contributed by atoms with Gasteiger partial charge in [-0.25, -0.2) is 0 Å². The molecule has 23 heavy (non-hydrogen) atoms. The van der Waals surface area contributed by atoms with Crippen LogP contribution in [0.1, 0.15) is 29.3 Å². The van der Waals surface area contributed by atoms with Gasteiger partial charge in [0.05, 0.1) is 0 Å². The molecule has 0 saturated carbocycles. The van der Waals surface area contributed by atoms with E-state index in [1.807, 2.05) is 25.3 Å². The molecule has 2 aromatic rings. The lowest BCUT2D eigenvalue weighted by molar-refractivity contribution is 0.0740. The molecule has 0 saturated heterocycles. The number of carbonyl (C=O) groups excluding carboxylic acids is 1. The molecule has 5 heteroatoms. The van der Waals surface area contributed by atoms with Crippen LogP contribution in [0.4, 0.5) is 0 Å². The molecule has 4 nitrogen and oxygen atoms in total. The number of amides is 1. The van der Waals surface area contributed by atoms with Crippen LogP contribution >= 0.6 is 11.8 Å². The van der Waals surface area contributed by atoms with Crippen molar-refractivity contribution in [1.82, 2.24) is 9.47 Å². The first-order valence-electron chi connectivity index (χ1n) is 7.64. The SMILES string of the molecule is CCCN(Cc1ccc(SC)cc1)C(=O)c1cccn(C)c1=O. The van der Waals surface area contributed by atoms with Gasteiger partial charge in [0.25, 0.3) is 11.5 Å². The number of hydrogen-bond acceptors (Lipinski definition) is 3. The summed E-state index contributed by atoms with van der Waals surface area (Å²) >= 11 is 1.69. The minimum Gasteiger partial charge on any atom is -0.334 e. The molecule has 1 aromatic heterocycles. The number of carbonyl (C=O) groups is 1. The van der Waals surface area contributed by atoms with Gasteiger partial charge in [-0.3, -0.25) is 9.59 Å². The Morgan fingerprint density at radius 3 is 2.52 bits per heavy atom. The van der Waals surface area contributed by atoms with Crippen molar-refractivity contribution in [2.24, 2.45) is 7.05 Å². The fourth-order valence-corrected chi connectivity index (χ4v) is 2.81. The minimum atomic E-state index is -0.253. The van der Waals surface area contributed by atoms with Crippen molar-refractivity contribution in [1.29, 1.82) is 0 Å². The van der Waals surface area contributed by atoms with E-state index in [-0.39, 0.29) is 17.0 Å². The number of aromatic nitrogens is 1. The van der Waals surface area contributed by atoms with Gasteiger partial charge in [-0.05, 0) is 42.5 Å². The fraction of sp³-hybridized carbons (Fsp3) is 0.333. The Labute approximate surface area is 141 Å². The number of hydrogen-bond donors (Lipinski definition) is 0. The highest BCUT2D eigenvalue weighted by molar-refractivity contribution is 7.98. The Morgan fingerprint density at radius 2 is 1.91 bits per heavy atom. The van der Waals surface area contributed by atoms with Gasteiger partial charge in [0.2, 0.25) is 0 Å². The summed E-state index contributed by atoms with van der Waals surface area (Å²) < 4.78 is 1.44. The third kappa shape index (κ3) is 4.26. The van der Waals surface area contributed by atoms with Crippen LogP contribution in [0.3, 0.4) is 0 Å². The molecular formula is C18H22N2O2S. The highest BCUT2D eigenvalue weighted by atomic mass is 32.2. The molecule has 0 spiro atoms. The summed E-state index contributed by atoms with van der Waals surface area (Å²) in [6.07, 6.45) is 4.54. The van der Waals surface area contributed by atoms with Crippen molar-refractivity contribution in [3.8, 4) is 0 Å². The van der Waals surface area contributed by atoms with Crippen molar-refractivity contribution in [3.05, 3.63) is 64.1 Å². The van der Waals surface area contributed by atoms with Crippen LogP contribution in [0, 0.1) is 0 Å². The molecule has 0 radical (unpaired) electrons. The maximum Gasteiger partial charge on any atom is 0.263 e. The van der Waals surface area contributed by atoms with Crippen LogP contribution < -0.4 is 5.56 Å². The van der Waals surface area contributed by atoms with Gasteiger partial charge in [0, 0.05) is 31.2 Å². The average Bonchev–Trinajstić information content (AvgIpc) is 2.57. The summed E-state index contributed by atoms with van der Waals surface area (Å²) in [4.78, 5) is 27.8. The number of nitrogens with zero attached hydrogens (tertiary/aromatic N) is 2. The third-order valence-corrected chi connectivity index (χ3v) is 4.41. The second-order valence-electron chi connectivity index (χ2n) is 5.41. The summed E-state index contributed by atoms with van der Waals surface area (Å²) in [5.41, 5.74) is 1.04. The van der Waals surface area contributed by atoms with Crippen LogP contribution in [-0.4, -0.2) is 28.2 Å². The van der Waals surface area contributed by atoms with Crippen molar-refractivity contribution < 1.29 is 4.79 Å². The second kappa shape index (κ2) is 8.02.